The summed E-state index contributed by atoms with van der Waals surface area (Å²) in [5.74, 6) is 0.0722. The van der Waals surface area contributed by atoms with Crippen molar-refractivity contribution < 1.29 is 4.79 Å². The number of allylic oxidation sites excluding steroid dienone is 2. The number of aromatic nitrogens is 1. The Bertz CT molecular complexity index is 338. The summed E-state index contributed by atoms with van der Waals surface area (Å²) in [4.78, 5) is 14.5. The first-order chi connectivity index (χ1) is 8.84. The smallest absolute Gasteiger partial charge is 0.201 e. The van der Waals surface area contributed by atoms with Crippen molar-refractivity contribution in [1.82, 2.24) is 4.98 Å². The van der Waals surface area contributed by atoms with E-state index < -0.39 is 0 Å². The van der Waals surface area contributed by atoms with E-state index in [0.29, 0.717) is 5.69 Å². The summed E-state index contributed by atoms with van der Waals surface area (Å²) in [6, 6.07) is 3.65. The number of unbranched alkanes of at least 4 members (excludes halogenated alkanes) is 7. The Morgan fingerprint density at radius 3 is 2.56 bits per heavy atom. The SMILES string of the molecule is CCCCCCCCCC=CC(=O)c1ccc[nH]1. The highest BCUT2D eigenvalue weighted by molar-refractivity contribution is 6.02. The summed E-state index contributed by atoms with van der Waals surface area (Å²) in [6.07, 6.45) is 15.7. The van der Waals surface area contributed by atoms with Crippen LogP contribution in [0, 0.1) is 0 Å². The Morgan fingerprint density at radius 2 is 1.89 bits per heavy atom. The lowest BCUT2D eigenvalue weighted by Gasteiger charge is -1.98. The predicted octanol–water partition coefficient (Wildman–Crippen LogP) is 4.89. The Hall–Kier alpha value is -1.31. The zero-order valence-corrected chi connectivity index (χ0v) is 11.5. The summed E-state index contributed by atoms with van der Waals surface area (Å²) in [5.41, 5.74) is 0.672. The number of nitrogens with one attached hydrogen (secondary N) is 1. The molecule has 0 aliphatic rings. The van der Waals surface area contributed by atoms with Gasteiger partial charge in [0.2, 0.25) is 5.78 Å². The quantitative estimate of drug-likeness (QED) is 0.356. The zero-order valence-electron chi connectivity index (χ0n) is 11.5. The lowest BCUT2D eigenvalue weighted by Crippen LogP contribution is -1.93. The van der Waals surface area contributed by atoms with E-state index in [-0.39, 0.29) is 5.78 Å². The van der Waals surface area contributed by atoms with Crippen molar-refractivity contribution in [2.24, 2.45) is 0 Å². The van der Waals surface area contributed by atoms with Crippen molar-refractivity contribution in [3.8, 4) is 0 Å². The van der Waals surface area contributed by atoms with E-state index >= 15 is 0 Å². The lowest BCUT2D eigenvalue weighted by atomic mass is 10.1. The Balaban J connectivity index is 1.99. The number of aromatic amines is 1. The topological polar surface area (TPSA) is 32.9 Å². The van der Waals surface area contributed by atoms with E-state index in [1.807, 2.05) is 12.1 Å². The van der Waals surface area contributed by atoms with Crippen LogP contribution < -0.4 is 0 Å². The number of H-pyrrole nitrogens is 1. The van der Waals surface area contributed by atoms with Crippen LogP contribution in [0.4, 0.5) is 0 Å². The predicted molar refractivity (Wildman–Crippen MR) is 76.9 cm³/mol. The summed E-state index contributed by atoms with van der Waals surface area (Å²) in [6.45, 7) is 2.24. The molecule has 1 rings (SSSR count). The number of carbonyl (C=O) groups is 1. The third-order valence-electron chi connectivity index (χ3n) is 3.11. The second kappa shape index (κ2) is 9.69. The Labute approximate surface area is 110 Å². The van der Waals surface area contributed by atoms with Gasteiger partial charge in [0.05, 0.1) is 5.69 Å². The van der Waals surface area contributed by atoms with Crippen LogP contribution in [0.2, 0.25) is 0 Å². The van der Waals surface area contributed by atoms with E-state index in [1.54, 1.807) is 18.3 Å². The van der Waals surface area contributed by atoms with Crippen molar-refractivity contribution in [1.29, 1.82) is 0 Å². The van der Waals surface area contributed by atoms with Crippen LogP contribution in [0.15, 0.2) is 30.5 Å². The minimum Gasteiger partial charge on any atom is -0.359 e. The molecule has 100 valence electrons. The molecule has 1 aromatic heterocycles. The monoisotopic (exact) mass is 247 g/mol. The average molecular weight is 247 g/mol. The maximum absolute atomic E-state index is 11.6. The van der Waals surface area contributed by atoms with Crippen LogP contribution in [-0.2, 0) is 0 Å². The van der Waals surface area contributed by atoms with Gasteiger partial charge in [-0.3, -0.25) is 4.79 Å². The average Bonchev–Trinajstić information content (AvgIpc) is 2.90. The van der Waals surface area contributed by atoms with Crippen LogP contribution in [0.5, 0.6) is 0 Å². The molecule has 0 saturated heterocycles. The summed E-state index contributed by atoms with van der Waals surface area (Å²) in [5, 5.41) is 0. The first kappa shape index (κ1) is 14.7. The molecule has 0 spiro atoms. The number of hydrogen-bond donors (Lipinski definition) is 1. The minimum atomic E-state index is 0.0722. The second-order valence-electron chi connectivity index (χ2n) is 4.76. The van der Waals surface area contributed by atoms with Gasteiger partial charge >= 0.3 is 0 Å². The van der Waals surface area contributed by atoms with Gasteiger partial charge in [0.1, 0.15) is 0 Å². The maximum Gasteiger partial charge on any atom is 0.201 e. The summed E-state index contributed by atoms with van der Waals surface area (Å²) < 4.78 is 0. The molecule has 0 aliphatic carbocycles. The van der Waals surface area contributed by atoms with Crippen molar-refractivity contribution in [2.75, 3.05) is 0 Å². The van der Waals surface area contributed by atoms with Crippen LogP contribution >= 0.6 is 0 Å². The van der Waals surface area contributed by atoms with E-state index in [1.165, 1.54) is 44.9 Å². The first-order valence-corrected chi connectivity index (χ1v) is 7.19. The standard InChI is InChI=1S/C16H25NO/c1-2-3-4-5-6-7-8-9-10-13-16(18)15-12-11-14-17-15/h10-14,17H,2-9H2,1H3. The van der Waals surface area contributed by atoms with Crippen molar-refractivity contribution in [3.05, 3.63) is 36.2 Å². The molecule has 2 heteroatoms. The zero-order chi connectivity index (χ0) is 13.1. The van der Waals surface area contributed by atoms with Gasteiger partial charge in [-0.2, -0.15) is 0 Å². The number of carbonyl (C=O) groups excluding carboxylic acids is 1. The maximum atomic E-state index is 11.6. The first-order valence-electron chi connectivity index (χ1n) is 7.19. The van der Waals surface area contributed by atoms with Gasteiger partial charge in [0, 0.05) is 6.20 Å². The van der Waals surface area contributed by atoms with Crippen LogP contribution in [0.25, 0.3) is 0 Å². The minimum absolute atomic E-state index is 0.0722. The number of ketones is 1. The van der Waals surface area contributed by atoms with Gasteiger partial charge in [-0.1, -0.05) is 51.5 Å². The molecular formula is C16H25NO. The van der Waals surface area contributed by atoms with Gasteiger partial charge < -0.3 is 4.98 Å². The second-order valence-corrected chi connectivity index (χ2v) is 4.76. The normalized spacial score (nSPS) is 11.2. The molecule has 0 saturated carbocycles. The third-order valence-corrected chi connectivity index (χ3v) is 3.11. The van der Waals surface area contributed by atoms with Crippen LogP contribution in [0.1, 0.15) is 68.8 Å². The van der Waals surface area contributed by atoms with Crippen LogP contribution in [-0.4, -0.2) is 10.8 Å². The summed E-state index contributed by atoms with van der Waals surface area (Å²) in [7, 11) is 0. The molecule has 18 heavy (non-hydrogen) atoms. The number of rotatable bonds is 10. The van der Waals surface area contributed by atoms with E-state index in [4.69, 9.17) is 0 Å². The summed E-state index contributed by atoms with van der Waals surface area (Å²) >= 11 is 0. The van der Waals surface area contributed by atoms with Crippen LogP contribution in [0.3, 0.4) is 0 Å². The molecule has 0 aliphatic heterocycles. The van der Waals surface area contributed by atoms with E-state index in [9.17, 15) is 4.79 Å². The molecular weight excluding hydrogens is 222 g/mol. The Kier molecular flexibility index (Phi) is 7.94. The Morgan fingerprint density at radius 1 is 1.17 bits per heavy atom. The highest BCUT2D eigenvalue weighted by atomic mass is 16.1. The van der Waals surface area contributed by atoms with Gasteiger partial charge in [-0.25, -0.2) is 0 Å². The van der Waals surface area contributed by atoms with Crippen molar-refractivity contribution in [3.63, 3.8) is 0 Å². The molecule has 0 unspecified atom stereocenters. The third kappa shape index (κ3) is 6.43. The molecule has 0 amide bonds. The van der Waals surface area contributed by atoms with Gasteiger partial charge in [-0.05, 0) is 31.1 Å². The van der Waals surface area contributed by atoms with Gasteiger partial charge in [-0.15, -0.1) is 0 Å². The molecule has 0 atom stereocenters. The van der Waals surface area contributed by atoms with E-state index in [2.05, 4.69) is 11.9 Å². The highest BCUT2D eigenvalue weighted by Gasteiger charge is 1.99. The number of hydrogen-bond acceptors (Lipinski definition) is 1. The van der Waals surface area contributed by atoms with Gasteiger partial charge in [0.15, 0.2) is 0 Å². The molecule has 2 nitrogen and oxygen atoms in total. The highest BCUT2D eigenvalue weighted by Crippen LogP contribution is 2.08. The fourth-order valence-corrected chi connectivity index (χ4v) is 1.98. The molecule has 1 heterocycles. The van der Waals surface area contributed by atoms with Crippen molar-refractivity contribution >= 4 is 5.78 Å². The van der Waals surface area contributed by atoms with Crippen molar-refractivity contribution in [2.45, 2.75) is 58.3 Å². The molecule has 1 aromatic rings. The molecule has 0 radical (unpaired) electrons. The van der Waals surface area contributed by atoms with E-state index in [0.717, 1.165) is 6.42 Å². The lowest BCUT2D eigenvalue weighted by molar-refractivity contribution is 0.104. The molecule has 1 N–H and O–H groups in total. The van der Waals surface area contributed by atoms with Gasteiger partial charge in [0.25, 0.3) is 0 Å². The fourth-order valence-electron chi connectivity index (χ4n) is 1.98. The fraction of sp³-hybridized carbons (Fsp3) is 0.562. The molecule has 0 bridgehead atoms. The molecule has 0 aromatic carbocycles. The molecule has 0 fully saturated rings. The largest absolute Gasteiger partial charge is 0.359 e.